The van der Waals surface area contributed by atoms with Gasteiger partial charge in [0.25, 0.3) is 5.91 Å². The molecule has 0 aliphatic rings. The van der Waals surface area contributed by atoms with Gasteiger partial charge in [-0.2, -0.15) is 0 Å². The standard InChI is InChI=1S/C14H14N2O2S/c15-16-14(18)11-4-1-3-10(7-11)9-19-13-6-2-5-12(17)8-13/h1-8,17H,9,15H2,(H,16,18). The second-order valence-electron chi connectivity index (χ2n) is 3.96. The molecule has 0 heterocycles. The fourth-order valence-corrected chi connectivity index (χ4v) is 2.52. The lowest BCUT2D eigenvalue weighted by Gasteiger charge is -2.05. The van der Waals surface area contributed by atoms with Crippen LogP contribution in [0, 0.1) is 0 Å². The van der Waals surface area contributed by atoms with Crippen molar-refractivity contribution in [1.82, 2.24) is 5.43 Å². The molecule has 19 heavy (non-hydrogen) atoms. The van der Waals surface area contributed by atoms with E-state index in [-0.39, 0.29) is 11.7 Å². The van der Waals surface area contributed by atoms with E-state index in [4.69, 9.17) is 5.84 Å². The fraction of sp³-hybridized carbons (Fsp3) is 0.0714. The lowest BCUT2D eigenvalue weighted by atomic mass is 10.1. The van der Waals surface area contributed by atoms with E-state index >= 15 is 0 Å². The normalized spacial score (nSPS) is 10.2. The molecule has 4 nitrogen and oxygen atoms in total. The number of nitrogen functional groups attached to an aromatic ring is 1. The molecule has 0 aliphatic heterocycles. The Morgan fingerprint density at radius 1 is 1.21 bits per heavy atom. The zero-order valence-corrected chi connectivity index (χ0v) is 11.0. The van der Waals surface area contributed by atoms with Crippen LogP contribution in [0.25, 0.3) is 0 Å². The first kappa shape index (κ1) is 13.5. The van der Waals surface area contributed by atoms with Crippen molar-refractivity contribution in [2.45, 2.75) is 10.6 Å². The third-order valence-corrected chi connectivity index (χ3v) is 3.61. The highest BCUT2D eigenvalue weighted by atomic mass is 32.2. The molecule has 4 N–H and O–H groups in total. The topological polar surface area (TPSA) is 75.3 Å². The number of carbonyl (C=O) groups excluding carboxylic acids is 1. The van der Waals surface area contributed by atoms with Gasteiger partial charge in [0.2, 0.25) is 0 Å². The maximum Gasteiger partial charge on any atom is 0.265 e. The molecule has 0 saturated carbocycles. The van der Waals surface area contributed by atoms with Crippen molar-refractivity contribution in [3.05, 3.63) is 59.7 Å². The predicted octanol–water partition coefficient (Wildman–Crippen LogP) is 2.29. The Kier molecular flexibility index (Phi) is 4.43. The van der Waals surface area contributed by atoms with E-state index in [0.29, 0.717) is 5.56 Å². The number of amides is 1. The van der Waals surface area contributed by atoms with E-state index < -0.39 is 0 Å². The zero-order chi connectivity index (χ0) is 13.7. The number of carbonyl (C=O) groups is 1. The zero-order valence-electron chi connectivity index (χ0n) is 10.2. The number of hydrogen-bond acceptors (Lipinski definition) is 4. The first-order chi connectivity index (χ1) is 9.19. The second-order valence-corrected chi connectivity index (χ2v) is 5.01. The first-order valence-electron chi connectivity index (χ1n) is 5.71. The predicted molar refractivity (Wildman–Crippen MR) is 75.8 cm³/mol. The summed E-state index contributed by atoms with van der Waals surface area (Å²) in [4.78, 5) is 12.4. The highest BCUT2D eigenvalue weighted by Crippen LogP contribution is 2.25. The molecule has 0 atom stereocenters. The summed E-state index contributed by atoms with van der Waals surface area (Å²) in [6, 6.07) is 14.4. The Hall–Kier alpha value is -1.98. The van der Waals surface area contributed by atoms with E-state index in [2.05, 4.69) is 5.43 Å². The smallest absolute Gasteiger partial charge is 0.265 e. The quantitative estimate of drug-likeness (QED) is 0.346. The second kappa shape index (κ2) is 6.26. The van der Waals surface area contributed by atoms with Gasteiger partial charge in [-0.25, -0.2) is 5.84 Å². The van der Waals surface area contributed by atoms with E-state index in [1.807, 2.05) is 18.2 Å². The molecule has 0 bridgehead atoms. The van der Waals surface area contributed by atoms with Crippen LogP contribution in [0.4, 0.5) is 0 Å². The number of nitrogens with two attached hydrogens (primary N) is 1. The van der Waals surface area contributed by atoms with E-state index in [9.17, 15) is 9.90 Å². The van der Waals surface area contributed by atoms with Crippen molar-refractivity contribution in [1.29, 1.82) is 0 Å². The average Bonchev–Trinajstić information content (AvgIpc) is 2.45. The van der Waals surface area contributed by atoms with Crippen LogP contribution < -0.4 is 11.3 Å². The molecular formula is C14H14N2O2S. The maximum atomic E-state index is 11.4. The molecule has 0 aliphatic carbocycles. The lowest BCUT2D eigenvalue weighted by molar-refractivity contribution is 0.0953. The van der Waals surface area contributed by atoms with Crippen molar-refractivity contribution in [3.63, 3.8) is 0 Å². The summed E-state index contributed by atoms with van der Waals surface area (Å²) in [7, 11) is 0. The molecule has 2 aromatic rings. The number of nitrogens with one attached hydrogen (secondary N) is 1. The lowest BCUT2D eigenvalue weighted by Crippen LogP contribution is -2.29. The fourth-order valence-electron chi connectivity index (χ4n) is 1.63. The van der Waals surface area contributed by atoms with Crippen LogP contribution in [0.15, 0.2) is 53.4 Å². The van der Waals surface area contributed by atoms with Gasteiger partial charge in [0, 0.05) is 16.2 Å². The van der Waals surface area contributed by atoms with Crippen LogP contribution in [0.3, 0.4) is 0 Å². The summed E-state index contributed by atoms with van der Waals surface area (Å²) in [5.41, 5.74) is 3.67. The van der Waals surface area contributed by atoms with Crippen LogP contribution in [-0.4, -0.2) is 11.0 Å². The van der Waals surface area contributed by atoms with Crippen LogP contribution in [0.5, 0.6) is 5.75 Å². The van der Waals surface area contributed by atoms with Crippen LogP contribution in [-0.2, 0) is 5.75 Å². The highest BCUT2D eigenvalue weighted by Gasteiger charge is 2.04. The van der Waals surface area contributed by atoms with Crippen LogP contribution in [0.1, 0.15) is 15.9 Å². The third-order valence-electron chi connectivity index (χ3n) is 2.54. The van der Waals surface area contributed by atoms with Crippen molar-refractivity contribution >= 4 is 17.7 Å². The van der Waals surface area contributed by atoms with Gasteiger partial charge in [-0.3, -0.25) is 10.2 Å². The summed E-state index contributed by atoms with van der Waals surface area (Å²) < 4.78 is 0. The number of thioether (sulfide) groups is 1. The van der Waals surface area contributed by atoms with Gasteiger partial charge in [0.1, 0.15) is 5.75 Å². The molecule has 0 aromatic heterocycles. The highest BCUT2D eigenvalue weighted by molar-refractivity contribution is 7.98. The Labute approximate surface area is 115 Å². The SMILES string of the molecule is NNC(=O)c1cccc(CSc2cccc(O)c2)c1. The van der Waals surface area contributed by atoms with Gasteiger partial charge in [-0.1, -0.05) is 18.2 Å². The van der Waals surface area contributed by atoms with E-state index in [1.54, 1.807) is 42.1 Å². The Bertz CT molecular complexity index is 587. The maximum absolute atomic E-state index is 11.4. The molecule has 0 radical (unpaired) electrons. The molecule has 2 aromatic carbocycles. The average molecular weight is 274 g/mol. The minimum Gasteiger partial charge on any atom is -0.508 e. The monoisotopic (exact) mass is 274 g/mol. The van der Waals surface area contributed by atoms with Gasteiger partial charge in [0.15, 0.2) is 0 Å². The molecule has 0 fully saturated rings. The van der Waals surface area contributed by atoms with Gasteiger partial charge < -0.3 is 5.11 Å². The van der Waals surface area contributed by atoms with Crippen molar-refractivity contribution < 1.29 is 9.90 Å². The number of hydrazine groups is 1. The number of phenols is 1. The van der Waals surface area contributed by atoms with Crippen molar-refractivity contribution in [3.8, 4) is 5.75 Å². The molecule has 98 valence electrons. The molecule has 2 rings (SSSR count). The Balaban J connectivity index is 2.05. The van der Waals surface area contributed by atoms with Crippen LogP contribution in [0.2, 0.25) is 0 Å². The number of hydrogen-bond donors (Lipinski definition) is 3. The van der Waals surface area contributed by atoms with Gasteiger partial charge in [-0.15, -0.1) is 11.8 Å². The summed E-state index contributed by atoms with van der Waals surface area (Å²) >= 11 is 1.59. The summed E-state index contributed by atoms with van der Waals surface area (Å²) in [5, 5.41) is 9.38. The molecule has 5 heteroatoms. The summed E-state index contributed by atoms with van der Waals surface area (Å²) in [5.74, 6) is 5.77. The largest absolute Gasteiger partial charge is 0.508 e. The summed E-state index contributed by atoms with van der Waals surface area (Å²) in [6.45, 7) is 0. The third kappa shape index (κ3) is 3.74. The van der Waals surface area contributed by atoms with Crippen LogP contribution >= 0.6 is 11.8 Å². The van der Waals surface area contributed by atoms with Gasteiger partial charge >= 0.3 is 0 Å². The number of benzene rings is 2. The van der Waals surface area contributed by atoms with Crippen molar-refractivity contribution in [2.75, 3.05) is 0 Å². The minimum atomic E-state index is -0.302. The van der Waals surface area contributed by atoms with E-state index in [0.717, 1.165) is 16.2 Å². The Morgan fingerprint density at radius 3 is 2.74 bits per heavy atom. The van der Waals surface area contributed by atoms with Crippen molar-refractivity contribution in [2.24, 2.45) is 5.84 Å². The van der Waals surface area contributed by atoms with Gasteiger partial charge in [-0.05, 0) is 35.9 Å². The Morgan fingerprint density at radius 2 is 2.00 bits per heavy atom. The molecule has 1 amide bonds. The molecule has 0 saturated heterocycles. The number of aromatic hydroxyl groups is 1. The van der Waals surface area contributed by atoms with Gasteiger partial charge in [0.05, 0.1) is 0 Å². The molecule has 0 spiro atoms. The summed E-state index contributed by atoms with van der Waals surface area (Å²) in [6.07, 6.45) is 0. The first-order valence-corrected chi connectivity index (χ1v) is 6.69. The number of rotatable bonds is 4. The number of phenolic OH excluding ortho intramolecular Hbond substituents is 1. The molecular weight excluding hydrogens is 260 g/mol. The van der Waals surface area contributed by atoms with E-state index in [1.165, 1.54) is 0 Å². The molecule has 0 unspecified atom stereocenters. The minimum absolute atomic E-state index is 0.251.